The monoisotopic (exact) mass is 552 g/mol. The van der Waals surface area contributed by atoms with Crippen LogP contribution in [0.4, 0.5) is 5.69 Å². The summed E-state index contributed by atoms with van der Waals surface area (Å²) in [5.74, 6) is -0.517. The molecule has 0 fully saturated rings. The Hall–Kier alpha value is -5.06. The fourth-order valence-electron chi connectivity index (χ4n) is 5.56. The third-order valence-electron chi connectivity index (χ3n) is 7.69. The lowest BCUT2D eigenvalue weighted by atomic mass is 9.96. The smallest absolute Gasteiger partial charge is 0.270 e. The number of hydrogen-bond acceptors (Lipinski definition) is 7. The van der Waals surface area contributed by atoms with Gasteiger partial charge in [0.15, 0.2) is 18.0 Å². The lowest BCUT2D eigenvalue weighted by Crippen LogP contribution is -2.31. The van der Waals surface area contributed by atoms with E-state index in [-0.39, 0.29) is 41.6 Å². The summed E-state index contributed by atoms with van der Waals surface area (Å²) in [5.41, 5.74) is 5.63. The zero-order valence-corrected chi connectivity index (χ0v) is 22.8. The standard InChI is InChI=1S/C30H28N6O5/c1-15-19(17(3)37)5-6-21-20(15)7-8-22(21)35-30(40)25-13-24(33-27-10-11-31-36(25)27)29(39)32-16(2)18-4-9-26-23(12-18)34-28(38)14-41-26/h4-6,9-13,16,22H,7-8,14H2,1-3H3,(H,32,39)(H,34,38)(H,35,40)/t16?,22-/m0/s1. The molecular formula is C30H28N6O5. The number of rotatable bonds is 6. The van der Waals surface area contributed by atoms with E-state index in [2.05, 4.69) is 26.0 Å². The van der Waals surface area contributed by atoms with Crippen molar-refractivity contribution in [2.75, 3.05) is 11.9 Å². The number of hydrogen-bond donors (Lipinski definition) is 3. The van der Waals surface area contributed by atoms with Crippen molar-refractivity contribution in [3.63, 3.8) is 0 Å². The van der Waals surface area contributed by atoms with Crippen molar-refractivity contribution in [3.05, 3.63) is 87.9 Å². The molecule has 41 heavy (non-hydrogen) atoms. The van der Waals surface area contributed by atoms with Crippen LogP contribution in [0.3, 0.4) is 0 Å². The Morgan fingerprint density at radius 2 is 1.95 bits per heavy atom. The second kappa shape index (κ2) is 10.2. The molecule has 2 atom stereocenters. The summed E-state index contributed by atoms with van der Waals surface area (Å²) < 4.78 is 6.81. The number of carbonyl (C=O) groups excluding carboxylic acids is 4. The quantitative estimate of drug-likeness (QED) is 0.311. The first kappa shape index (κ1) is 26.2. The van der Waals surface area contributed by atoms with E-state index in [1.54, 1.807) is 25.1 Å². The highest BCUT2D eigenvalue weighted by atomic mass is 16.5. The fraction of sp³-hybridized carbons (Fsp3) is 0.267. The Morgan fingerprint density at radius 3 is 2.76 bits per heavy atom. The van der Waals surface area contributed by atoms with Gasteiger partial charge in [-0.15, -0.1) is 0 Å². The van der Waals surface area contributed by atoms with Gasteiger partial charge in [0.05, 0.1) is 24.0 Å². The summed E-state index contributed by atoms with van der Waals surface area (Å²) in [5, 5.41) is 13.0. The van der Waals surface area contributed by atoms with E-state index in [9.17, 15) is 19.2 Å². The number of benzene rings is 2. The number of ketones is 1. The van der Waals surface area contributed by atoms with Crippen molar-refractivity contribution in [2.45, 2.75) is 45.7 Å². The maximum absolute atomic E-state index is 13.5. The average Bonchev–Trinajstić information content (AvgIpc) is 3.59. The van der Waals surface area contributed by atoms with Crippen LogP contribution < -0.4 is 20.7 Å². The molecule has 3 N–H and O–H groups in total. The van der Waals surface area contributed by atoms with Crippen molar-refractivity contribution < 1.29 is 23.9 Å². The number of carbonyl (C=O) groups is 4. The number of aromatic nitrogens is 3. The fourth-order valence-corrected chi connectivity index (χ4v) is 5.56. The molecule has 208 valence electrons. The van der Waals surface area contributed by atoms with Crippen LogP contribution in [0, 0.1) is 6.92 Å². The van der Waals surface area contributed by atoms with Gasteiger partial charge < -0.3 is 20.7 Å². The number of ether oxygens (including phenoxy) is 1. The molecule has 0 saturated carbocycles. The third kappa shape index (κ3) is 4.79. The first-order valence-electron chi connectivity index (χ1n) is 13.4. The predicted molar refractivity (Wildman–Crippen MR) is 149 cm³/mol. The number of fused-ring (bicyclic) bond motifs is 3. The molecule has 2 aromatic carbocycles. The van der Waals surface area contributed by atoms with E-state index in [0.717, 1.165) is 28.7 Å². The van der Waals surface area contributed by atoms with Crippen LogP contribution in [-0.2, 0) is 11.2 Å². The summed E-state index contributed by atoms with van der Waals surface area (Å²) in [7, 11) is 0. The number of Topliss-reactive ketones (excluding diaryl/α,β-unsaturated/α-hetero) is 1. The van der Waals surface area contributed by atoms with Gasteiger partial charge in [-0.05, 0) is 68.0 Å². The molecule has 3 amide bonds. The summed E-state index contributed by atoms with van der Waals surface area (Å²) in [6.07, 6.45) is 2.98. The Balaban J connectivity index is 1.23. The molecule has 2 aliphatic rings. The van der Waals surface area contributed by atoms with Crippen molar-refractivity contribution in [3.8, 4) is 5.75 Å². The van der Waals surface area contributed by atoms with Gasteiger partial charge in [0.25, 0.3) is 17.7 Å². The van der Waals surface area contributed by atoms with Crippen LogP contribution in [0.1, 0.15) is 85.9 Å². The SMILES string of the molecule is CC(=O)c1ccc2c(c1C)CC[C@@H]2NC(=O)c1cc(C(=O)NC(C)c2ccc3c(c2)NC(=O)CO3)nc2ccnn12. The maximum Gasteiger partial charge on any atom is 0.270 e. The number of nitrogens with one attached hydrogen (secondary N) is 3. The van der Waals surface area contributed by atoms with E-state index in [0.29, 0.717) is 29.1 Å². The van der Waals surface area contributed by atoms with Gasteiger partial charge >= 0.3 is 0 Å². The molecule has 0 bridgehead atoms. The molecule has 0 spiro atoms. The largest absolute Gasteiger partial charge is 0.482 e. The molecule has 2 aromatic heterocycles. The van der Waals surface area contributed by atoms with Crippen molar-refractivity contribution in [2.24, 2.45) is 0 Å². The Morgan fingerprint density at radius 1 is 1.12 bits per heavy atom. The van der Waals surface area contributed by atoms with Crippen LogP contribution in [0.2, 0.25) is 0 Å². The second-order valence-electron chi connectivity index (χ2n) is 10.3. The lowest BCUT2D eigenvalue weighted by molar-refractivity contribution is -0.118. The van der Waals surface area contributed by atoms with Crippen molar-refractivity contribution >= 4 is 34.8 Å². The molecular weight excluding hydrogens is 524 g/mol. The summed E-state index contributed by atoms with van der Waals surface area (Å²) in [6.45, 7) is 5.27. The molecule has 3 heterocycles. The maximum atomic E-state index is 13.5. The minimum absolute atomic E-state index is 0.0168. The van der Waals surface area contributed by atoms with Crippen molar-refractivity contribution in [1.29, 1.82) is 0 Å². The molecule has 1 unspecified atom stereocenters. The highest BCUT2D eigenvalue weighted by Gasteiger charge is 2.28. The highest BCUT2D eigenvalue weighted by molar-refractivity contribution is 5.99. The van der Waals surface area contributed by atoms with Gasteiger partial charge in [0.2, 0.25) is 0 Å². The first-order valence-corrected chi connectivity index (χ1v) is 13.4. The summed E-state index contributed by atoms with van der Waals surface area (Å²) >= 11 is 0. The molecule has 1 aliphatic carbocycles. The minimum atomic E-state index is -0.466. The van der Waals surface area contributed by atoms with E-state index < -0.39 is 11.9 Å². The summed E-state index contributed by atoms with van der Waals surface area (Å²) in [6, 6.07) is 11.4. The van der Waals surface area contributed by atoms with E-state index in [4.69, 9.17) is 4.74 Å². The molecule has 1 aliphatic heterocycles. The zero-order valence-electron chi connectivity index (χ0n) is 22.8. The van der Waals surface area contributed by atoms with Gasteiger partial charge in [0.1, 0.15) is 17.1 Å². The van der Waals surface area contributed by atoms with E-state index in [1.165, 1.54) is 16.8 Å². The molecule has 4 aromatic rings. The summed E-state index contributed by atoms with van der Waals surface area (Å²) in [4.78, 5) is 54.9. The van der Waals surface area contributed by atoms with Gasteiger partial charge in [-0.3, -0.25) is 19.2 Å². The first-order chi connectivity index (χ1) is 19.7. The van der Waals surface area contributed by atoms with Crippen molar-refractivity contribution in [1.82, 2.24) is 25.2 Å². The van der Waals surface area contributed by atoms with Gasteiger partial charge in [-0.1, -0.05) is 18.2 Å². The molecule has 0 radical (unpaired) electrons. The molecule has 0 saturated heterocycles. The highest BCUT2D eigenvalue weighted by Crippen LogP contribution is 2.35. The molecule has 11 heteroatoms. The zero-order chi connectivity index (χ0) is 28.8. The van der Waals surface area contributed by atoms with E-state index in [1.807, 2.05) is 32.0 Å². The second-order valence-corrected chi connectivity index (χ2v) is 10.3. The topological polar surface area (TPSA) is 144 Å². The number of anilines is 1. The van der Waals surface area contributed by atoms with Gasteiger partial charge in [0, 0.05) is 17.7 Å². The van der Waals surface area contributed by atoms with E-state index >= 15 is 0 Å². The van der Waals surface area contributed by atoms with Crippen LogP contribution in [0.15, 0.2) is 48.7 Å². The van der Waals surface area contributed by atoms with Gasteiger partial charge in [-0.25, -0.2) is 9.50 Å². The number of amides is 3. The Labute approximate surface area is 235 Å². The lowest BCUT2D eigenvalue weighted by Gasteiger charge is -2.21. The Bertz CT molecular complexity index is 1760. The van der Waals surface area contributed by atoms with Crippen LogP contribution in [-0.4, -0.2) is 44.7 Å². The van der Waals surface area contributed by atoms with Gasteiger partial charge in [-0.2, -0.15) is 5.10 Å². The number of nitrogens with zero attached hydrogens (tertiary/aromatic N) is 3. The minimum Gasteiger partial charge on any atom is -0.482 e. The molecule has 11 nitrogen and oxygen atoms in total. The predicted octanol–water partition coefficient (Wildman–Crippen LogP) is 3.48. The normalized spacial score (nSPS) is 16.3. The average molecular weight is 553 g/mol. The molecule has 6 rings (SSSR count). The van der Waals surface area contributed by atoms with Crippen LogP contribution in [0.25, 0.3) is 5.65 Å². The third-order valence-corrected chi connectivity index (χ3v) is 7.69. The Kier molecular flexibility index (Phi) is 6.49. The van der Waals surface area contributed by atoms with Crippen LogP contribution in [0.5, 0.6) is 5.75 Å². The van der Waals surface area contributed by atoms with Crippen LogP contribution >= 0.6 is 0 Å².